The number of rotatable bonds is 1. The van der Waals surface area contributed by atoms with Crippen LogP contribution in [0.4, 0.5) is 4.79 Å². The summed E-state index contributed by atoms with van der Waals surface area (Å²) in [6.45, 7) is 9.55. The minimum Gasteiger partial charge on any atom is -0.444 e. The van der Waals surface area contributed by atoms with E-state index in [9.17, 15) is 4.79 Å². The summed E-state index contributed by atoms with van der Waals surface area (Å²) < 4.78 is 5.19. The topological polar surface area (TPSA) is 38.3 Å². The highest BCUT2D eigenvalue weighted by atomic mass is 16.6. The fourth-order valence-corrected chi connectivity index (χ4v) is 1.64. The Hall–Kier alpha value is -0.990. The highest BCUT2D eigenvalue weighted by Crippen LogP contribution is 2.22. The third-order valence-electron chi connectivity index (χ3n) is 2.41. The van der Waals surface area contributed by atoms with Gasteiger partial charge in [-0.25, -0.2) is 4.79 Å². The summed E-state index contributed by atoms with van der Waals surface area (Å²) in [5.74, 6) is 0. The van der Waals surface area contributed by atoms with Crippen molar-refractivity contribution in [1.29, 1.82) is 0 Å². The summed E-state index contributed by atoms with van der Waals surface area (Å²) in [5, 5.41) is 2.89. The number of carbonyl (C=O) groups excluding carboxylic acids is 1. The molecule has 86 valence electrons. The minimum absolute atomic E-state index is 0.255. The highest BCUT2D eigenvalue weighted by molar-refractivity contribution is 5.68. The zero-order chi connectivity index (χ0) is 11.5. The summed E-state index contributed by atoms with van der Waals surface area (Å²) in [5.41, 5.74) is 0.875. The summed E-state index contributed by atoms with van der Waals surface area (Å²) >= 11 is 0. The Kier molecular flexibility index (Phi) is 3.77. The Morgan fingerprint density at radius 1 is 1.40 bits per heavy atom. The van der Waals surface area contributed by atoms with Gasteiger partial charge in [0.1, 0.15) is 5.60 Å². The van der Waals surface area contributed by atoms with E-state index in [0.29, 0.717) is 0 Å². The van der Waals surface area contributed by atoms with E-state index in [1.54, 1.807) is 0 Å². The summed E-state index contributed by atoms with van der Waals surface area (Å²) in [7, 11) is 0. The maximum absolute atomic E-state index is 11.5. The maximum Gasteiger partial charge on any atom is 0.407 e. The van der Waals surface area contributed by atoms with E-state index in [-0.39, 0.29) is 12.1 Å². The first-order valence-electron chi connectivity index (χ1n) is 5.53. The van der Waals surface area contributed by atoms with Gasteiger partial charge < -0.3 is 10.1 Å². The number of allylic oxidation sites excluding steroid dienone is 1. The molecule has 3 nitrogen and oxygen atoms in total. The lowest BCUT2D eigenvalue weighted by Gasteiger charge is -2.26. The summed E-state index contributed by atoms with van der Waals surface area (Å²) in [6.07, 6.45) is 3.69. The smallest absolute Gasteiger partial charge is 0.407 e. The molecule has 1 fully saturated rings. The predicted molar refractivity (Wildman–Crippen MR) is 60.8 cm³/mol. The number of nitrogens with one attached hydrogen (secondary N) is 1. The van der Waals surface area contributed by atoms with E-state index in [1.807, 2.05) is 20.8 Å². The van der Waals surface area contributed by atoms with Gasteiger partial charge in [-0.2, -0.15) is 0 Å². The average Bonchev–Trinajstić information content (AvgIpc) is 2.05. The lowest BCUT2D eigenvalue weighted by molar-refractivity contribution is 0.0496. The van der Waals surface area contributed by atoms with Crippen LogP contribution in [0.5, 0.6) is 0 Å². The monoisotopic (exact) mass is 211 g/mol. The molecule has 3 heteroatoms. The molecule has 0 saturated heterocycles. The molecule has 0 aliphatic heterocycles. The van der Waals surface area contributed by atoms with Gasteiger partial charge in [0.25, 0.3) is 0 Å². The minimum atomic E-state index is -0.414. The molecule has 0 heterocycles. The molecule has 0 atom stereocenters. The molecule has 15 heavy (non-hydrogen) atoms. The predicted octanol–water partition coefficient (Wildman–Crippen LogP) is 3.01. The number of ether oxygens (including phenoxy) is 1. The molecule has 1 N–H and O–H groups in total. The van der Waals surface area contributed by atoms with Crippen molar-refractivity contribution in [2.24, 2.45) is 0 Å². The largest absolute Gasteiger partial charge is 0.444 e. The Bertz CT molecular complexity index is 243. The van der Waals surface area contributed by atoms with E-state index in [1.165, 1.54) is 5.57 Å². The van der Waals surface area contributed by atoms with E-state index >= 15 is 0 Å². The van der Waals surface area contributed by atoms with Crippen molar-refractivity contribution in [3.8, 4) is 0 Å². The molecule has 0 unspecified atom stereocenters. The quantitative estimate of drug-likeness (QED) is 0.677. The van der Waals surface area contributed by atoms with Gasteiger partial charge in [0, 0.05) is 6.04 Å². The number of amides is 1. The van der Waals surface area contributed by atoms with Gasteiger partial charge in [-0.15, -0.1) is 0 Å². The number of hydrogen-bond acceptors (Lipinski definition) is 2. The van der Waals surface area contributed by atoms with Crippen LogP contribution in [0.1, 0.15) is 46.5 Å². The Balaban J connectivity index is 2.29. The third kappa shape index (κ3) is 4.86. The first kappa shape index (κ1) is 12.1. The van der Waals surface area contributed by atoms with Crippen LogP contribution < -0.4 is 5.32 Å². The number of alkyl carbamates (subject to hydrolysis) is 1. The molecule has 1 rings (SSSR count). The Morgan fingerprint density at radius 2 is 1.93 bits per heavy atom. The summed E-state index contributed by atoms with van der Waals surface area (Å²) in [4.78, 5) is 11.5. The number of hydrogen-bond donors (Lipinski definition) is 1. The zero-order valence-corrected chi connectivity index (χ0v) is 9.93. The van der Waals surface area contributed by atoms with Crippen LogP contribution in [0.15, 0.2) is 12.2 Å². The first-order valence-corrected chi connectivity index (χ1v) is 5.53. The Morgan fingerprint density at radius 3 is 2.40 bits per heavy atom. The SMILES string of the molecule is C=C1CCC(NC(=O)OC(C)(C)C)CC1. The second-order valence-electron chi connectivity index (χ2n) is 5.17. The van der Waals surface area contributed by atoms with Gasteiger partial charge in [-0.3, -0.25) is 0 Å². The van der Waals surface area contributed by atoms with Gasteiger partial charge in [-0.1, -0.05) is 12.2 Å². The molecular weight excluding hydrogens is 190 g/mol. The lowest BCUT2D eigenvalue weighted by Crippen LogP contribution is -2.40. The first-order chi connectivity index (χ1) is 6.87. The van der Waals surface area contributed by atoms with E-state index < -0.39 is 5.60 Å². The fraction of sp³-hybridized carbons (Fsp3) is 0.750. The van der Waals surface area contributed by atoms with Crippen molar-refractivity contribution in [1.82, 2.24) is 5.32 Å². The molecule has 0 spiro atoms. The molecule has 1 aliphatic rings. The van der Waals surface area contributed by atoms with Gasteiger partial charge in [-0.05, 0) is 46.5 Å². The van der Waals surface area contributed by atoms with Crippen LogP contribution in [-0.2, 0) is 4.74 Å². The van der Waals surface area contributed by atoms with Gasteiger partial charge >= 0.3 is 6.09 Å². The van der Waals surface area contributed by atoms with Crippen LogP contribution in [0.2, 0.25) is 0 Å². The molecule has 1 aliphatic carbocycles. The van der Waals surface area contributed by atoms with Crippen molar-refractivity contribution in [3.63, 3.8) is 0 Å². The fourth-order valence-electron chi connectivity index (χ4n) is 1.64. The molecule has 0 bridgehead atoms. The standard InChI is InChI=1S/C12H21NO2/c1-9-5-7-10(8-6-9)13-11(14)15-12(2,3)4/h10H,1,5-8H2,2-4H3,(H,13,14). The maximum atomic E-state index is 11.5. The number of carbonyl (C=O) groups is 1. The molecule has 1 amide bonds. The highest BCUT2D eigenvalue weighted by Gasteiger charge is 2.21. The van der Waals surface area contributed by atoms with Crippen molar-refractivity contribution in [2.45, 2.75) is 58.1 Å². The summed E-state index contributed by atoms with van der Waals surface area (Å²) in [6, 6.07) is 0.255. The molecule has 1 saturated carbocycles. The molecular formula is C12H21NO2. The van der Waals surface area contributed by atoms with E-state index in [4.69, 9.17) is 4.74 Å². The Labute approximate surface area is 91.9 Å². The van der Waals surface area contributed by atoms with E-state index in [2.05, 4.69) is 11.9 Å². The zero-order valence-electron chi connectivity index (χ0n) is 9.93. The third-order valence-corrected chi connectivity index (χ3v) is 2.41. The molecule has 0 radical (unpaired) electrons. The van der Waals surface area contributed by atoms with Crippen molar-refractivity contribution in [2.75, 3.05) is 0 Å². The van der Waals surface area contributed by atoms with Crippen LogP contribution >= 0.6 is 0 Å². The molecule has 0 aromatic rings. The normalized spacial score (nSPS) is 18.7. The van der Waals surface area contributed by atoms with Crippen molar-refractivity contribution < 1.29 is 9.53 Å². The van der Waals surface area contributed by atoms with Gasteiger partial charge in [0.05, 0.1) is 0 Å². The lowest BCUT2D eigenvalue weighted by atomic mass is 9.92. The van der Waals surface area contributed by atoms with Crippen molar-refractivity contribution >= 4 is 6.09 Å². The van der Waals surface area contributed by atoms with E-state index in [0.717, 1.165) is 25.7 Å². The second-order valence-corrected chi connectivity index (χ2v) is 5.17. The van der Waals surface area contributed by atoms with Crippen LogP contribution in [0, 0.1) is 0 Å². The van der Waals surface area contributed by atoms with Gasteiger partial charge in [0.15, 0.2) is 0 Å². The second kappa shape index (κ2) is 4.69. The van der Waals surface area contributed by atoms with Crippen LogP contribution in [0.3, 0.4) is 0 Å². The van der Waals surface area contributed by atoms with Crippen LogP contribution in [-0.4, -0.2) is 17.7 Å². The van der Waals surface area contributed by atoms with Gasteiger partial charge in [0.2, 0.25) is 0 Å². The molecule has 0 aromatic heterocycles. The van der Waals surface area contributed by atoms with Crippen molar-refractivity contribution in [3.05, 3.63) is 12.2 Å². The molecule has 0 aromatic carbocycles. The van der Waals surface area contributed by atoms with Crippen LogP contribution in [0.25, 0.3) is 0 Å². The average molecular weight is 211 g/mol.